The normalized spacial score (nSPS) is 10.6. The molecule has 2 rings (SSSR count). The molecule has 5 nitrogen and oxygen atoms in total. The zero-order chi connectivity index (χ0) is 11.2. The molecule has 0 aliphatic rings. The van der Waals surface area contributed by atoms with E-state index in [9.17, 15) is 0 Å². The molecule has 2 aromatic heterocycles. The van der Waals surface area contributed by atoms with Crippen LogP contribution in [0.15, 0.2) is 30.9 Å². The lowest BCUT2D eigenvalue weighted by Crippen LogP contribution is -2.04. The Labute approximate surface area is 94.4 Å². The Bertz CT molecular complexity index is 407. The molecule has 16 heavy (non-hydrogen) atoms. The number of rotatable bonds is 6. The van der Waals surface area contributed by atoms with Gasteiger partial charge in [0.15, 0.2) is 0 Å². The monoisotopic (exact) mass is 220 g/mol. The molecule has 0 fully saturated rings. The second-order valence-electron chi connectivity index (χ2n) is 3.56. The quantitative estimate of drug-likeness (QED) is 0.775. The Kier molecular flexibility index (Phi) is 3.61. The van der Waals surface area contributed by atoms with Gasteiger partial charge < -0.3 is 15.0 Å². The fourth-order valence-electron chi connectivity index (χ4n) is 1.43. The smallest absolute Gasteiger partial charge is 0.0729 e. The third kappa shape index (κ3) is 2.87. The number of hydrogen-bond acceptors (Lipinski definition) is 3. The van der Waals surface area contributed by atoms with Gasteiger partial charge in [0.05, 0.1) is 25.0 Å². The minimum Gasteiger partial charge on any atom is -0.383 e. The first-order valence-electron chi connectivity index (χ1n) is 5.25. The zero-order valence-electron chi connectivity index (χ0n) is 9.31. The third-order valence-electron chi connectivity index (χ3n) is 2.32. The first-order valence-corrected chi connectivity index (χ1v) is 5.25. The number of nitrogens with zero attached hydrogens (tertiary/aromatic N) is 2. The lowest BCUT2D eigenvalue weighted by molar-refractivity contribution is 0.183. The highest BCUT2D eigenvalue weighted by Gasteiger charge is 1.98. The van der Waals surface area contributed by atoms with Crippen molar-refractivity contribution in [1.82, 2.24) is 14.8 Å². The van der Waals surface area contributed by atoms with E-state index >= 15 is 0 Å². The number of hydrogen-bond donors (Lipinski definition) is 2. The number of aromatic nitrogens is 3. The average molecular weight is 220 g/mol. The number of aromatic amines is 1. The number of nitrogens with one attached hydrogen (secondary N) is 2. The second kappa shape index (κ2) is 5.37. The maximum Gasteiger partial charge on any atom is 0.0729 e. The highest BCUT2D eigenvalue weighted by molar-refractivity contribution is 5.38. The van der Waals surface area contributed by atoms with Gasteiger partial charge >= 0.3 is 0 Å². The van der Waals surface area contributed by atoms with E-state index in [4.69, 9.17) is 4.74 Å². The third-order valence-corrected chi connectivity index (χ3v) is 2.32. The molecule has 5 heteroatoms. The van der Waals surface area contributed by atoms with E-state index in [1.807, 2.05) is 35.5 Å². The van der Waals surface area contributed by atoms with Crippen molar-refractivity contribution in [2.24, 2.45) is 0 Å². The van der Waals surface area contributed by atoms with Crippen molar-refractivity contribution >= 4 is 5.69 Å². The van der Waals surface area contributed by atoms with Gasteiger partial charge in [0.25, 0.3) is 0 Å². The maximum atomic E-state index is 4.99. The molecule has 86 valence electrons. The second-order valence-corrected chi connectivity index (χ2v) is 3.56. The summed E-state index contributed by atoms with van der Waals surface area (Å²) in [6, 6.07) is 2.04. The van der Waals surface area contributed by atoms with Crippen molar-refractivity contribution in [1.29, 1.82) is 0 Å². The van der Waals surface area contributed by atoms with Crippen LogP contribution in [0.4, 0.5) is 5.69 Å². The molecule has 0 amide bonds. The van der Waals surface area contributed by atoms with Crippen LogP contribution in [0.5, 0.6) is 0 Å². The first-order chi connectivity index (χ1) is 7.88. The van der Waals surface area contributed by atoms with E-state index in [0.717, 1.165) is 18.8 Å². The van der Waals surface area contributed by atoms with E-state index in [1.165, 1.54) is 5.56 Å². The lowest BCUT2D eigenvalue weighted by Gasteiger charge is -2.01. The van der Waals surface area contributed by atoms with Crippen LogP contribution in [0, 0.1) is 0 Å². The van der Waals surface area contributed by atoms with Crippen molar-refractivity contribution in [3.05, 3.63) is 36.4 Å². The molecule has 0 radical (unpaired) electrons. The van der Waals surface area contributed by atoms with E-state index in [2.05, 4.69) is 15.4 Å². The van der Waals surface area contributed by atoms with Gasteiger partial charge in [0, 0.05) is 32.2 Å². The molecule has 0 spiro atoms. The minimum atomic E-state index is 0.679. The van der Waals surface area contributed by atoms with Crippen LogP contribution in [0.25, 0.3) is 0 Å². The van der Waals surface area contributed by atoms with Crippen molar-refractivity contribution in [3.63, 3.8) is 0 Å². The van der Waals surface area contributed by atoms with Gasteiger partial charge in [-0.15, -0.1) is 0 Å². The van der Waals surface area contributed by atoms with Crippen molar-refractivity contribution in [2.75, 3.05) is 19.0 Å². The highest BCUT2D eigenvalue weighted by atomic mass is 16.5. The molecule has 0 aromatic carbocycles. The minimum absolute atomic E-state index is 0.679. The summed E-state index contributed by atoms with van der Waals surface area (Å²) in [5.41, 5.74) is 2.25. The standard InChI is InChI=1S/C11H16N4O/c1-16-5-4-15-9-11(8-14-15)13-7-10-2-3-12-6-10/h2-3,6,8-9,12-13H,4-5,7H2,1H3. The Morgan fingerprint density at radius 2 is 2.50 bits per heavy atom. The summed E-state index contributed by atoms with van der Waals surface area (Å²) in [7, 11) is 1.69. The topological polar surface area (TPSA) is 54.9 Å². The van der Waals surface area contributed by atoms with Crippen LogP contribution in [-0.2, 0) is 17.8 Å². The van der Waals surface area contributed by atoms with Crippen molar-refractivity contribution in [3.8, 4) is 0 Å². The molecular weight excluding hydrogens is 204 g/mol. The number of H-pyrrole nitrogens is 1. The average Bonchev–Trinajstić information content (AvgIpc) is 2.95. The first kappa shape index (κ1) is 10.8. The fourth-order valence-corrected chi connectivity index (χ4v) is 1.43. The molecule has 2 N–H and O–H groups in total. The number of anilines is 1. The van der Waals surface area contributed by atoms with Gasteiger partial charge in [0.2, 0.25) is 0 Å². The lowest BCUT2D eigenvalue weighted by atomic mass is 10.3. The summed E-state index contributed by atoms with van der Waals surface area (Å²) in [6.45, 7) is 2.26. The van der Waals surface area contributed by atoms with Gasteiger partial charge in [-0.05, 0) is 11.6 Å². The van der Waals surface area contributed by atoms with E-state index in [1.54, 1.807) is 7.11 Å². The van der Waals surface area contributed by atoms with Crippen LogP contribution >= 0.6 is 0 Å². The van der Waals surface area contributed by atoms with E-state index < -0.39 is 0 Å². The van der Waals surface area contributed by atoms with Crippen LogP contribution in [0.1, 0.15) is 5.56 Å². The Hall–Kier alpha value is -1.75. The molecule has 0 saturated carbocycles. The molecule has 0 unspecified atom stereocenters. The van der Waals surface area contributed by atoms with Gasteiger partial charge in [0.1, 0.15) is 0 Å². The summed E-state index contributed by atoms with van der Waals surface area (Å²) in [6.07, 6.45) is 7.69. The van der Waals surface area contributed by atoms with Gasteiger partial charge in [-0.2, -0.15) is 5.10 Å². The predicted molar refractivity (Wildman–Crippen MR) is 62.2 cm³/mol. The zero-order valence-corrected chi connectivity index (χ0v) is 9.31. The summed E-state index contributed by atoms with van der Waals surface area (Å²) in [4.78, 5) is 3.02. The number of methoxy groups -OCH3 is 1. The van der Waals surface area contributed by atoms with Crippen molar-refractivity contribution in [2.45, 2.75) is 13.1 Å². The molecule has 2 aromatic rings. The summed E-state index contributed by atoms with van der Waals surface area (Å²) in [5, 5.41) is 7.52. The largest absolute Gasteiger partial charge is 0.383 e. The van der Waals surface area contributed by atoms with Crippen LogP contribution in [0.2, 0.25) is 0 Å². The number of ether oxygens (including phenoxy) is 1. The SMILES string of the molecule is COCCn1cc(NCc2cc[nH]c2)cn1. The molecule has 2 heterocycles. The van der Waals surface area contributed by atoms with Gasteiger partial charge in [-0.1, -0.05) is 0 Å². The van der Waals surface area contributed by atoms with Gasteiger partial charge in [-0.3, -0.25) is 4.68 Å². The molecule has 0 bridgehead atoms. The van der Waals surface area contributed by atoms with Gasteiger partial charge in [-0.25, -0.2) is 0 Å². The summed E-state index contributed by atoms with van der Waals surface area (Å²) < 4.78 is 6.85. The Morgan fingerprint density at radius 3 is 3.25 bits per heavy atom. The molecule has 0 saturated heterocycles. The molecular formula is C11H16N4O. The molecule has 0 atom stereocenters. The predicted octanol–water partition coefficient (Wildman–Crippen LogP) is 1.47. The van der Waals surface area contributed by atoms with Crippen LogP contribution < -0.4 is 5.32 Å². The fraction of sp³-hybridized carbons (Fsp3) is 0.364. The summed E-state index contributed by atoms with van der Waals surface area (Å²) >= 11 is 0. The van der Waals surface area contributed by atoms with Crippen molar-refractivity contribution < 1.29 is 4.74 Å². The maximum absolute atomic E-state index is 4.99. The van der Waals surface area contributed by atoms with Crippen LogP contribution in [0.3, 0.4) is 0 Å². The Morgan fingerprint density at radius 1 is 1.56 bits per heavy atom. The summed E-state index contributed by atoms with van der Waals surface area (Å²) in [5.74, 6) is 0. The molecule has 0 aliphatic heterocycles. The van der Waals surface area contributed by atoms with Crippen LogP contribution in [-0.4, -0.2) is 28.5 Å². The highest BCUT2D eigenvalue weighted by Crippen LogP contribution is 2.07. The molecule has 0 aliphatic carbocycles. The Balaban J connectivity index is 1.83. The van der Waals surface area contributed by atoms with E-state index in [0.29, 0.717) is 6.61 Å². The van der Waals surface area contributed by atoms with E-state index in [-0.39, 0.29) is 0 Å².